The predicted octanol–water partition coefficient (Wildman–Crippen LogP) is 1.61. The van der Waals surface area contributed by atoms with E-state index in [1.54, 1.807) is 0 Å². The zero-order valence-electron chi connectivity index (χ0n) is 9.79. The molecule has 15 heavy (non-hydrogen) atoms. The van der Waals surface area contributed by atoms with Gasteiger partial charge in [0.2, 0.25) is 0 Å². The molecular weight excluding hydrogens is 192 g/mol. The van der Waals surface area contributed by atoms with Gasteiger partial charge in [0, 0.05) is 19.1 Å². The number of ether oxygens (including phenoxy) is 1. The largest absolute Gasteiger partial charge is 0.378 e. The number of carbonyl (C=O) groups is 1. The number of urea groups is 1. The zero-order valence-corrected chi connectivity index (χ0v) is 9.79. The summed E-state index contributed by atoms with van der Waals surface area (Å²) in [5.41, 5.74) is 0. The fraction of sp³-hybridized carbons (Fsp3) is 0.909. The van der Waals surface area contributed by atoms with Crippen molar-refractivity contribution in [2.24, 2.45) is 0 Å². The molecule has 0 radical (unpaired) electrons. The number of morpholine rings is 1. The third-order valence-corrected chi connectivity index (χ3v) is 2.66. The van der Waals surface area contributed by atoms with E-state index in [9.17, 15) is 4.79 Å². The standard InChI is InChI=1S/C11H22N2O2/c1-3-4-5-10(2)12-11(14)13-6-8-15-9-7-13/h10H,3-9H2,1-2H3,(H,12,14). The summed E-state index contributed by atoms with van der Waals surface area (Å²) in [6.07, 6.45) is 3.41. The lowest BCUT2D eigenvalue weighted by Gasteiger charge is -2.28. The lowest BCUT2D eigenvalue weighted by molar-refractivity contribution is 0.0525. The van der Waals surface area contributed by atoms with E-state index >= 15 is 0 Å². The van der Waals surface area contributed by atoms with E-state index in [1.165, 1.54) is 12.8 Å². The minimum Gasteiger partial charge on any atom is -0.378 e. The molecule has 0 bridgehead atoms. The summed E-state index contributed by atoms with van der Waals surface area (Å²) >= 11 is 0. The first-order valence-electron chi connectivity index (χ1n) is 5.87. The summed E-state index contributed by atoms with van der Waals surface area (Å²) in [7, 11) is 0. The fourth-order valence-corrected chi connectivity index (χ4v) is 1.65. The van der Waals surface area contributed by atoms with Crippen LogP contribution in [-0.2, 0) is 4.74 Å². The van der Waals surface area contributed by atoms with Crippen molar-refractivity contribution in [3.05, 3.63) is 0 Å². The molecule has 0 saturated carbocycles. The van der Waals surface area contributed by atoms with Gasteiger partial charge in [-0.1, -0.05) is 19.8 Å². The maximum Gasteiger partial charge on any atom is 0.317 e. The highest BCUT2D eigenvalue weighted by Crippen LogP contribution is 2.02. The molecule has 1 aliphatic heterocycles. The van der Waals surface area contributed by atoms with Crippen LogP contribution in [0.3, 0.4) is 0 Å². The molecule has 1 saturated heterocycles. The third-order valence-electron chi connectivity index (χ3n) is 2.66. The Balaban J connectivity index is 2.21. The van der Waals surface area contributed by atoms with Gasteiger partial charge in [-0.2, -0.15) is 0 Å². The van der Waals surface area contributed by atoms with E-state index in [-0.39, 0.29) is 12.1 Å². The first-order valence-corrected chi connectivity index (χ1v) is 5.87. The number of hydrogen-bond acceptors (Lipinski definition) is 2. The van der Waals surface area contributed by atoms with Crippen LogP contribution in [0.25, 0.3) is 0 Å². The molecule has 1 unspecified atom stereocenters. The van der Waals surface area contributed by atoms with E-state index in [4.69, 9.17) is 4.74 Å². The topological polar surface area (TPSA) is 41.6 Å². The number of nitrogens with one attached hydrogen (secondary N) is 1. The van der Waals surface area contributed by atoms with Crippen LogP contribution in [0, 0.1) is 0 Å². The van der Waals surface area contributed by atoms with E-state index in [0.29, 0.717) is 26.3 Å². The lowest BCUT2D eigenvalue weighted by atomic mass is 10.1. The Morgan fingerprint density at radius 1 is 1.47 bits per heavy atom. The first-order chi connectivity index (χ1) is 7.24. The Morgan fingerprint density at radius 3 is 2.73 bits per heavy atom. The molecule has 0 aromatic rings. The fourth-order valence-electron chi connectivity index (χ4n) is 1.65. The van der Waals surface area contributed by atoms with Crippen molar-refractivity contribution < 1.29 is 9.53 Å². The molecule has 1 atom stereocenters. The summed E-state index contributed by atoms with van der Waals surface area (Å²) in [5.74, 6) is 0. The monoisotopic (exact) mass is 214 g/mol. The second-order valence-electron chi connectivity index (χ2n) is 4.09. The molecule has 88 valence electrons. The van der Waals surface area contributed by atoms with Gasteiger partial charge in [-0.3, -0.25) is 0 Å². The molecule has 4 heteroatoms. The van der Waals surface area contributed by atoms with Crippen LogP contribution >= 0.6 is 0 Å². The van der Waals surface area contributed by atoms with Gasteiger partial charge in [-0.05, 0) is 13.3 Å². The molecule has 1 N–H and O–H groups in total. The van der Waals surface area contributed by atoms with Gasteiger partial charge in [0.1, 0.15) is 0 Å². The molecular formula is C11H22N2O2. The van der Waals surface area contributed by atoms with E-state index in [1.807, 2.05) is 4.90 Å². The quantitative estimate of drug-likeness (QED) is 0.772. The van der Waals surface area contributed by atoms with E-state index in [0.717, 1.165) is 6.42 Å². The van der Waals surface area contributed by atoms with Gasteiger partial charge in [-0.25, -0.2) is 4.79 Å². The molecule has 2 amide bonds. The van der Waals surface area contributed by atoms with Crippen molar-refractivity contribution in [2.45, 2.75) is 39.2 Å². The number of unbranched alkanes of at least 4 members (excludes halogenated alkanes) is 1. The van der Waals surface area contributed by atoms with Gasteiger partial charge in [0.15, 0.2) is 0 Å². The second-order valence-corrected chi connectivity index (χ2v) is 4.09. The maximum absolute atomic E-state index is 11.7. The SMILES string of the molecule is CCCCC(C)NC(=O)N1CCOCC1. The van der Waals surface area contributed by atoms with Crippen molar-refractivity contribution in [1.82, 2.24) is 10.2 Å². The summed E-state index contributed by atoms with van der Waals surface area (Å²) in [6, 6.07) is 0.335. The Hall–Kier alpha value is -0.770. The Labute approximate surface area is 92.0 Å². The van der Waals surface area contributed by atoms with Crippen LogP contribution in [0.15, 0.2) is 0 Å². The van der Waals surface area contributed by atoms with Gasteiger partial charge >= 0.3 is 6.03 Å². The van der Waals surface area contributed by atoms with Crippen LogP contribution in [0.4, 0.5) is 4.79 Å². The van der Waals surface area contributed by atoms with Gasteiger partial charge in [-0.15, -0.1) is 0 Å². The minimum atomic E-state index is 0.0573. The summed E-state index contributed by atoms with van der Waals surface area (Å²) < 4.78 is 5.20. The molecule has 1 fully saturated rings. The Kier molecular flexibility index (Phi) is 5.47. The highest BCUT2D eigenvalue weighted by molar-refractivity contribution is 5.74. The highest BCUT2D eigenvalue weighted by atomic mass is 16.5. The molecule has 1 aliphatic rings. The molecule has 1 heterocycles. The van der Waals surface area contributed by atoms with Crippen molar-refractivity contribution in [3.63, 3.8) is 0 Å². The minimum absolute atomic E-state index is 0.0573. The Bertz CT molecular complexity index is 191. The van der Waals surface area contributed by atoms with Crippen molar-refractivity contribution in [2.75, 3.05) is 26.3 Å². The van der Waals surface area contributed by atoms with E-state index < -0.39 is 0 Å². The molecule has 0 aromatic carbocycles. The smallest absolute Gasteiger partial charge is 0.317 e. The van der Waals surface area contributed by atoms with Crippen molar-refractivity contribution >= 4 is 6.03 Å². The summed E-state index contributed by atoms with van der Waals surface area (Å²) in [5, 5.41) is 3.02. The van der Waals surface area contributed by atoms with Crippen LogP contribution in [0.1, 0.15) is 33.1 Å². The molecule has 1 rings (SSSR count). The predicted molar refractivity (Wildman–Crippen MR) is 59.9 cm³/mol. The van der Waals surface area contributed by atoms with E-state index in [2.05, 4.69) is 19.2 Å². The second kappa shape index (κ2) is 6.67. The Morgan fingerprint density at radius 2 is 2.13 bits per heavy atom. The van der Waals surface area contributed by atoms with Crippen LogP contribution in [0.5, 0.6) is 0 Å². The number of hydrogen-bond donors (Lipinski definition) is 1. The molecule has 4 nitrogen and oxygen atoms in total. The molecule has 0 aromatic heterocycles. The van der Waals surface area contributed by atoms with Crippen molar-refractivity contribution in [3.8, 4) is 0 Å². The maximum atomic E-state index is 11.7. The number of carbonyl (C=O) groups excluding carboxylic acids is 1. The average molecular weight is 214 g/mol. The van der Waals surface area contributed by atoms with Crippen LogP contribution in [-0.4, -0.2) is 43.3 Å². The first kappa shape index (κ1) is 12.3. The summed E-state index contributed by atoms with van der Waals surface area (Å²) in [6.45, 7) is 6.98. The zero-order chi connectivity index (χ0) is 11.1. The highest BCUT2D eigenvalue weighted by Gasteiger charge is 2.17. The summed E-state index contributed by atoms with van der Waals surface area (Å²) in [4.78, 5) is 13.6. The lowest BCUT2D eigenvalue weighted by Crippen LogP contribution is -2.48. The van der Waals surface area contributed by atoms with Crippen LogP contribution in [0.2, 0.25) is 0 Å². The number of nitrogens with zero attached hydrogens (tertiary/aromatic N) is 1. The van der Waals surface area contributed by atoms with Gasteiger partial charge in [0.05, 0.1) is 13.2 Å². The number of rotatable bonds is 4. The van der Waals surface area contributed by atoms with Crippen LogP contribution < -0.4 is 5.32 Å². The average Bonchev–Trinajstić information content (AvgIpc) is 2.27. The normalized spacial score (nSPS) is 18.7. The third kappa shape index (κ3) is 4.51. The molecule has 0 spiro atoms. The van der Waals surface area contributed by atoms with Gasteiger partial charge < -0.3 is 15.0 Å². The van der Waals surface area contributed by atoms with Crippen molar-refractivity contribution in [1.29, 1.82) is 0 Å². The number of amides is 2. The van der Waals surface area contributed by atoms with Gasteiger partial charge in [0.25, 0.3) is 0 Å². The molecule has 0 aliphatic carbocycles.